The monoisotopic (exact) mass is 391 g/mol. The average molecular weight is 391 g/mol. The minimum atomic E-state index is -4.30. The number of hydrogen-bond acceptors (Lipinski definition) is 6. The van der Waals surface area contributed by atoms with E-state index in [9.17, 15) is 26.8 Å². The van der Waals surface area contributed by atoms with Crippen molar-refractivity contribution in [2.24, 2.45) is 0 Å². The van der Waals surface area contributed by atoms with Crippen molar-refractivity contribution in [2.45, 2.75) is 24.5 Å². The molecule has 0 spiro atoms. The fourth-order valence-electron chi connectivity index (χ4n) is 2.01. The Hall–Kier alpha value is -0.650. The van der Waals surface area contributed by atoms with Crippen LogP contribution in [0.2, 0.25) is 0 Å². The average Bonchev–Trinajstić information content (AvgIpc) is 2.66. The Bertz CT molecular complexity index is 641. The van der Waals surface area contributed by atoms with Gasteiger partial charge in [-0.15, -0.1) is 0 Å². The van der Waals surface area contributed by atoms with Gasteiger partial charge in [0, 0.05) is 29.3 Å². The van der Waals surface area contributed by atoms with Crippen molar-refractivity contribution >= 4 is 40.3 Å². The Kier molecular flexibility index (Phi) is 7.05. The fourth-order valence-corrected chi connectivity index (χ4v) is 5.11. The highest BCUT2D eigenvalue weighted by Crippen LogP contribution is 2.35. The van der Waals surface area contributed by atoms with E-state index in [1.165, 1.54) is 0 Å². The largest absolute Gasteiger partial charge is 0.325 e. The molecule has 3 N–H and O–H groups in total. The van der Waals surface area contributed by atoms with E-state index in [1.807, 2.05) is 0 Å². The van der Waals surface area contributed by atoms with Crippen molar-refractivity contribution in [2.75, 3.05) is 24.2 Å². The van der Waals surface area contributed by atoms with Crippen molar-refractivity contribution in [1.29, 1.82) is 0 Å². The van der Waals surface area contributed by atoms with Crippen LogP contribution in [0.5, 0.6) is 0 Å². The van der Waals surface area contributed by atoms with Crippen LogP contribution >= 0.6 is 7.60 Å². The van der Waals surface area contributed by atoms with Crippen LogP contribution in [0.25, 0.3) is 0 Å². The van der Waals surface area contributed by atoms with Crippen molar-refractivity contribution in [1.82, 2.24) is 4.90 Å². The lowest BCUT2D eigenvalue weighted by atomic mass is 10.3. The number of carbonyl (C=O) groups excluding carboxylic acids is 2. The van der Waals surface area contributed by atoms with Crippen LogP contribution in [0.15, 0.2) is 0 Å². The van der Waals surface area contributed by atoms with Crippen molar-refractivity contribution in [3.8, 4) is 0 Å². The fraction of sp³-hybridized carbons (Fsp3) is 0.800. The van der Waals surface area contributed by atoms with Gasteiger partial charge in [0.2, 0.25) is 11.8 Å². The second-order valence-electron chi connectivity index (χ2n) is 5.04. The standard InChI is InChI=1S/C10H18NO9PS2/c12-9-7-8(22(17)5-6-23(18,19)20)10(13)11(9)3-1-2-4-21(14,15)16/h8H,1-7H2,(H2,14,15,16)(H,18,19,20). The molecule has 23 heavy (non-hydrogen) atoms. The second kappa shape index (κ2) is 7.95. The van der Waals surface area contributed by atoms with Crippen molar-refractivity contribution in [3.63, 3.8) is 0 Å². The van der Waals surface area contributed by atoms with Crippen LogP contribution in [-0.4, -0.2) is 73.1 Å². The predicted octanol–water partition coefficient (Wildman–Crippen LogP) is -1.29. The van der Waals surface area contributed by atoms with Crippen LogP contribution in [0.1, 0.15) is 19.3 Å². The molecule has 2 unspecified atom stereocenters. The Morgan fingerprint density at radius 2 is 1.87 bits per heavy atom. The summed E-state index contributed by atoms with van der Waals surface area (Å²) in [4.78, 5) is 42.0. The third-order valence-electron chi connectivity index (χ3n) is 3.14. The SMILES string of the molecule is O=C1CC(S(=O)CCS(=O)(=O)O)C(=O)N1CCCCP(=O)(O)O. The summed E-state index contributed by atoms with van der Waals surface area (Å²) < 4.78 is 52.4. The first-order valence-corrected chi connectivity index (χ1v) is 11.4. The van der Waals surface area contributed by atoms with Gasteiger partial charge in [0.05, 0.1) is 12.2 Å². The summed E-state index contributed by atoms with van der Waals surface area (Å²) in [6, 6.07) is 0. The van der Waals surface area contributed by atoms with Gasteiger partial charge in [0.25, 0.3) is 10.1 Å². The van der Waals surface area contributed by atoms with Crippen LogP contribution in [0, 0.1) is 0 Å². The van der Waals surface area contributed by atoms with Crippen LogP contribution in [-0.2, 0) is 35.1 Å². The van der Waals surface area contributed by atoms with Crippen LogP contribution in [0.3, 0.4) is 0 Å². The third kappa shape index (κ3) is 7.19. The van der Waals surface area contributed by atoms with E-state index in [1.54, 1.807) is 0 Å². The highest BCUT2D eigenvalue weighted by atomic mass is 32.2. The summed E-state index contributed by atoms with van der Waals surface area (Å²) in [5, 5.41) is -1.15. The molecule has 13 heteroatoms. The number of carbonyl (C=O) groups is 2. The normalized spacial score (nSPS) is 21.0. The zero-order valence-corrected chi connectivity index (χ0v) is 14.6. The molecule has 0 radical (unpaired) electrons. The van der Waals surface area contributed by atoms with Gasteiger partial charge in [-0.3, -0.25) is 27.8 Å². The summed E-state index contributed by atoms with van der Waals surface area (Å²) in [5.41, 5.74) is 0. The van der Waals surface area contributed by atoms with Crippen molar-refractivity contribution < 1.29 is 41.1 Å². The summed E-state index contributed by atoms with van der Waals surface area (Å²) in [6.45, 7) is -0.0380. The molecule has 1 rings (SSSR count). The van der Waals surface area contributed by atoms with Crippen LogP contribution < -0.4 is 0 Å². The molecule has 1 aliphatic rings. The molecule has 0 saturated carbocycles. The number of nitrogens with zero attached hydrogens (tertiary/aromatic N) is 1. The van der Waals surface area contributed by atoms with E-state index in [0.29, 0.717) is 0 Å². The molecule has 0 bridgehead atoms. The van der Waals surface area contributed by atoms with Gasteiger partial charge >= 0.3 is 7.60 Å². The Morgan fingerprint density at radius 1 is 1.26 bits per heavy atom. The Morgan fingerprint density at radius 3 is 2.39 bits per heavy atom. The summed E-state index contributed by atoms with van der Waals surface area (Å²) in [7, 11) is -10.3. The number of imide groups is 1. The molecule has 0 aromatic heterocycles. The van der Waals surface area contributed by atoms with Gasteiger partial charge < -0.3 is 9.79 Å². The molecule has 2 atom stereocenters. The number of rotatable bonds is 9. The molecule has 0 aromatic rings. The lowest BCUT2D eigenvalue weighted by Gasteiger charge is -2.14. The van der Waals surface area contributed by atoms with E-state index in [2.05, 4.69) is 0 Å². The summed E-state index contributed by atoms with van der Waals surface area (Å²) >= 11 is 0. The first kappa shape index (κ1) is 20.4. The molecular weight excluding hydrogens is 373 g/mol. The highest BCUT2D eigenvalue weighted by Gasteiger charge is 2.41. The van der Waals surface area contributed by atoms with Crippen molar-refractivity contribution in [3.05, 3.63) is 0 Å². The molecule has 1 fully saturated rings. The zero-order valence-electron chi connectivity index (χ0n) is 12.0. The number of likely N-dealkylation sites (tertiary alicyclic amines) is 1. The quantitative estimate of drug-likeness (QED) is 0.187. The van der Waals surface area contributed by atoms with Gasteiger partial charge in [-0.2, -0.15) is 8.42 Å². The van der Waals surface area contributed by atoms with E-state index in [0.717, 1.165) is 4.90 Å². The van der Waals surface area contributed by atoms with Gasteiger partial charge in [0.1, 0.15) is 5.25 Å². The first-order valence-electron chi connectivity index (χ1n) is 6.62. The minimum Gasteiger partial charge on any atom is -0.324 e. The molecule has 134 valence electrons. The smallest absolute Gasteiger partial charge is 0.324 e. The van der Waals surface area contributed by atoms with E-state index in [4.69, 9.17) is 14.3 Å². The highest BCUT2D eigenvalue weighted by molar-refractivity contribution is 7.90. The third-order valence-corrected chi connectivity index (χ3v) is 6.63. The predicted molar refractivity (Wildman–Crippen MR) is 80.7 cm³/mol. The number of hydrogen-bond donors (Lipinski definition) is 3. The Labute approximate surface area is 135 Å². The molecule has 2 amide bonds. The van der Waals surface area contributed by atoms with Gasteiger partial charge in [0.15, 0.2) is 0 Å². The first-order chi connectivity index (χ1) is 10.4. The summed E-state index contributed by atoms with van der Waals surface area (Å²) in [5.74, 6) is -2.47. The summed E-state index contributed by atoms with van der Waals surface area (Å²) in [6.07, 6.45) is -0.340. The molecule has 0 aromatic carbocycles. The lowest BCUT2D eigenvalue weighted by molar-refractivity contribution is -0.138. The maximum Gasteiger partial charge on any atom is 0.325 e. The maximum absolute atomic E-state index is 12.0. The molecular formula is C10H18NO9PS2. The topological polar surface area (TPSA) is 166 Å². The van der Waals surface area contributed by atoms with Gasteiger partial charge in [-0.25, -0.2) is 0 Å². The number of amides is 2. The molecule has 1 heterocycles. The van der Waals surface area contributed by atoms with Gasteiger partial charge in [-0.1, -0.05) is 0 Å². The molecule has 0 aliphatic carbocycles. The van der Waals surface area contributed by atoms with Gasteiger partial charge in [-0.05, 0) is 12.8 Å². The lowest BCUT2D eigenvalue weighted by Crippen LogP contribution is -2.35. The van der Waals surface area contributed by atoms with E-state index in [-0.39, 0.29) is 32.0 Å². The van der Waals surface area contributed by atoms with Crippen LogP contribution in [0.4, 0.5) is 0 Å². The molecule has 1 saturated heterocycles. The minimum absolute atomic E-state index is 0.0380. The second-order valence-corrected chi connectivity index (χ2v) is 10.1. The van der Waals surface area contributed by atoms with E-state index < -0.39 is 57.1 Å². The van der Waals surface area contributed by atoms with E-state index >= 15 is 0 Å². The molecule has 10 nitrogen and oxygen atoms in total. The Balaban J connectivity index is 2.53. The maximum atomic E-state index is 12.0. The zero-order chi connectivity index (χ0) is 17.8. The molecule has 1 aliphatic heterocycles. The number of unbranched alkanes of at least 4 members (excludes halogenated alkanes) is 1.